The van der Waals surface area contributed by atoms with Crippen LogP contribution in [0.3, 0.4) is 0 Å². The topological polar surface area (TPSA) is 182 Å². The van der Waals surface area contributed by atoms with Crippen molar-refractivity contribution in [2.75, 3.05) is 0 Å². The SMILES string of the molecule is ClC(c1ccccc1)(c1ccccc1)c1ccccc1.OB(O)c1ccccc1-c1nnnn1C(c1ccccc1)(c1ccccc1)c1ccccc1.[CH2-]CCC.[Li+].c1ccc(-c2nn[nH]n2)cc1.c1ccc(-c2nnnn2C(c2ccccc2)(c2ccccc2)c2ccccc2)cc1. The van der Waals surface area contributed by atoms with Crippen molar-refractivity contribution >= 4 is 24.2 Å². The fourth-order valence-corrected chi connectivity index (χ4v) is 12.2. The van der Waals surface area contributed by atoms with Gasteiger partial charge < -0.3 is 17.0 Å². The second-order valence-electron chi connectivity index (χ2n) is 22.5. The average molecular weight is 1310 g/mol. The molecule has 0 spiro atoms. The maximum Gasteiger partial charge on any atom is 1.00 e. The molecule has 0 aliphatic rings. The second kappa shape index (κ2) is 35.1. The van der Waals surface area contributed by atoms with E-state index in [4.69, 9.17) is 11.6 Å². The second-order valence-corrected chi connectivity index (χ2v) is 23.1. The van der Waals surface area contributed by atoms with Crippen molar-refractivity contribution in [1.29, 1.82) is 0 Å². The summed E-state index contributed by atoms with van der Waals surface area (Å²) in [7, 11) is -1.66. The Bertz CT molecular complexity index is 4450. The first-order valence-corrected chi connectivity index (χ1v) is 32.6. The first kappa shape index (κ1) is 70.5. The number of nitrogens with zero attached hydrogens (tertiary/aromatic N) is 11. The number of aromatic nitrogens is 12. The molecule has 15 rings (SSSR count). The van der Waals surface area contributed by atoms with Crippen molar-refractivity contribution in [3.63, 3.8) is 0 Å². The summed E-state index contributed by atoms with van der Waals surface area (Å²) in [6.07, 6.45) is 2.28. The van der Waals surface area contributed by atoms with Gasteiger partial charge >= 0.3 is 26.0 Å². The van der Waals surface area contributed by atoms with Gasteiger partial charge in [-0.05, 0) is 81.6 Å². The summed E-state index contributed by atoms with van der Waals surface area (Å²) in [5.41, 5.74) is 10.6. The van der Waals surface area contributed by atoms with Crippen LogP contribution in [-0.4, -0.2) is 78.2 Å². The van der Waals surface area contributed by atoms with Gasteiger partial charge in [0, 0.05) is 16.7 Å². The largest absolute Gasteiger partial charge is 1.00 e. The Hall–Kier alpha value is -11.3. The Morgan fingerprint density at radius 2 is 0.646 bits per heavy atom. The third-order valence-electron chi connectivity index (χ3n) is 16.5. The van der Waals surface area contributed by atoms with E-state index in [0.29, 0.717) is 28.5 Å². The summed E-state index contributed by atoms with van der Waals surface area (Å²) in [6, 6.07) is 119. The minimum Gasteiger partial charge on any atom is -0.423 e. The molecule has 482 valence electrons. The number of aromatic amines is 1. The molecule has 0 aliphatic heterocycles. The van der Waals surface area contributed by atoms with Crippen LogP contribution in [-0.2, 0) is 16.0 Å². The van der Waals surface area contributed by atoms with Gasteiger partial charge in [-0.2, -0.15) is 11.6 Å². The number of halogens is 1. The molecule has 99 heavy (non-hydrogen) atoms. The molecule has 0 saturated heterocycles. The van der Waals surface area contributed by atoms with E-state index in [1.54, 1.807) is 22.9 Å². The van der Waals surface area contributed by atoms with Crippen LogP contribution in [0.5, 0.6) is 0 Å². The van der Waals surface area contributed by atoms with Crippen molar-refractivity contribution in [3.05, 3.63) is 415 Å². The van der Waals surface area contributed by atoms with Crippen LogP contribution < -0.4 is 24.3 Å². The van der Waals surface area contributed by atoms with Crippen LogP contribution in [0.2, 0.25) is 0 Å². The van der Waals surface area contributed by atoms with Gasteiger partial charge in [-0.3, -0.25) is 0 Å². The van der Waals surface area contributed by atoms with Gasteiger partial charge in [0.1, 0.15) is 16.0 Å². The fourth-order valence-electron chi connectivity index (χ4n) is 11.9. The molecule has 14 nitrogen and oxygen atoms in total. The first-order valence-electron chi connectivity index (χ1n) is 32.2. The van der Waals surface area contributed by atoms with Crippen molar-refractivity contribution in [2.45, 2.75) is 35.7 Å². The molecule has 0 bridgehead atoms. The van der Waals surface area contributed by atoms with Crippen LogP contribution in [0.1, 0.15) is 69.8 Å². The zero-order valence-electron chi connectivity index (χ0n) is 55.0. The van der Waals surface area contributed by atoms with Crippen molar-refractivity contribution < 1.29 is 28.9 Å². The molecule has 15 aromatic rings. The van der Waals surface area contributed by atoms with Crippen LogP contribution in [0, 0.1) is 6.92 Å². The Morgan fingerprint density at radius 3 is 0.949 bits per heavy atom. The summed E-state index contributed by atoms with van der Waals surface area (Å²) in [5.74, 6) is 1.77. The number of alkyl halides is 1. The van der Waals surface area contributed by atoms with E-state index in [9.17, 15) is 10.0 Å². The number of rotatable bonds is 16. The van der Waals surface area contributed by atoms with Crippen LogP contribution >= 0.6 is 11.6 Å². The predicted molar refractivity (Wildman–Crippen MR) is 390 cm³/mol. The summed E-state index contributed by atoms with van der Waals surface area (Å²) in [5, 5.41) is 59.6. The third kappa shape index (κ3) is 15.9. The Kier molecular flexibility index (Phi) is 25.0. The quantitative estimate of drug-likeness (QED) is 0.0362. The van der Waals surface area contributed by atoms with E-state index in [2.05, 4.69) is 211 Å². The van der Waals surface area contributed by atoms with E-state index in [1.807, 2.05) is 199 Å². The normalized spacial score (nSPS) is 10.9. The third-order valence-corrected chi connectivity index (χ3v) is 17.1. The summed E-state index contributed by atoms with van der Waals surface area (Å²) in [6.45, 7) is 5.72. The molecule has 0 aliphatic carbocycles. The Labute approximate surface area is 595 Å². The molecule has 17 heteroatoms. The van der Waals surface area contributed by atoms with Crippen LogP contribution in [0.4, 0.5) is 0 Å². The van der Waals surface area contributed by atoms with Gasteiger partial charge in [-0.25, -0.2) is 9.36 Å². The molecule has 3 N–H and O–H groups in total. The smallest absolute Gasteiger partial charge is 0.423 e. The van der Waals surface area contributed by atoms with Crippen molar-refractivity contribution in [3.8, 4) is 34.2 Å². The number of tetrazole rings is 3. The molecule has 0 amide bonds. The van der Waals surface area contributed by atoms with E-state index in [-0.39, 0.29) is 18.9 Å². The van der Waals surface area contributed by atoms with Gasteiger partial charge in [0.05, 0.1) is 0 Å². The van der Waals surface area contributed by atoms with Crippen LogP contribution in [0.25, 0.3) is 34.2 Å². The van der Waals surface area contributed by atoms with E-state index in [1.165, 1.54) is 6.42 Å². The molecular weight excluding hydrogens is 1240 g/mol. The zero-order chi connectivity index (χ0) is 67.7. The molecule has 12 aromatic carbocycles. The summed E-state index contributed by atoms with van der Waals surface area (Å²) in [4.78, 5) is -0.649. The van der Waals surface area contributed by atoms with Gasteiger partial charge in [0.2, 0.25) is 5.82 Å². The van der Waals surface area contributed by atoms with E-state index < -0.39 is 23.1 Å². The van der Waals surface area contributed by atoms with Crippen molar-refractivity contribution in [1.82, 2.24) is 61.0 Å². The number of hydrogen-bond acceptors (Lipinski definition) is 11. The average Bonchev–Trinajstić information content (AvgIpc) is 1.73. The summed E-state index contributed by atoms with van der Waals surface area (Å²) < 4.78 is 3.72. The molecule has 0 saturated carbocycles. The Morgan fingerprint density at radius 1 is 0.374 bits per heavy atom. The molecule has 0 atom stereocenters. The fraction of sp³-hybridized carbons (Fsp3) is 0.0732. The molecule has 3 aromatic heterocycles. The molecule has 0 radical (unpaired) electrons. The van der Waals surface area contributed by atoms with Gasteiger partial charge in [-0.1, -0.05) is 371 Å². The number of unbranched alkanes of at least 4 members (excludes halogenated alkanes) is 1. The first-order chi connectivity index (χ1) is 48.3. The van der Waals surface area contributed by atoms with Crippen LogP contribution in [0.15, 0.2) is 358 Å². The summed E-state index contributed by atoms with van der Waals surface area (Å²) >= 11 is 7.12. The number of nitrogens with one attached hydrogen (secondary N) is 1. The molecule has 3 heterocycles. The van der Waals surface area contributed by atoms with Gasteiger partial charge in [-0.15, -0.1) is 32.0 Å². The molecule has 0 fully saturated rings. The number of H-pyrrole nitrogens is 1. The number of benzene rings is 12. The number of hydrogen-bond donors (Lipinski definition) is 3. The van der Waals surface area contributed by atoms with E-state index >= 15 is 0 Å². The maximum absolute atomic E-state index is 10.0. The Balaban J connectivity index is 0.000000147. The van der Waals surface area contributed by atoms with Gasteiger partial charge in [0.25, 0.3) is 0 Å². The molecular formula is C82H71BClLiN12O2. The van der Waals surface area contributed by atoms with E-state index in [0.717, 1.165) is 67.6 Å². The monoisotopic (exact) mass is 1310 g/mol. The van der Waals surface area contributed by atoms with Crippen molar-refractivity contribution in [2.24, 2.45) is 0 Å². The minimum absolute atomic E-state index is 0. The predicted octanol–water partition coefficient (Wildman–Crippen LogP) is 12.7. The maximum atomic E-state index is 10.0. The molecule has 0 unspecified atom stereocenters. The minimum atomic E-state index is -1.66. The zero-order valence-corrected chi connectivity index (χ0v) is 55.7. The standard InChI is InChI=1S/C26H21BN4O2.C26H20N4.C19H15Cl.C7H6N4.C4H9.Li/c32-27(33)24-19-11-10-18-23(24)25-28-29-30-31(25)26(20-12-4-1-5-13-20,21-14-6-2-7-15-21)22-16-8-3-9-17-22;1-5-13-21(14-6-1)25-27-28-29-30(25)26(22-15-7-2-8-16-22,23-17-9-3-10-18-23)24-19-11-4-12-20-24;20-19(16-10-4-1-5-11-16,17-12-6-2-7-13-17)18-14-8-3-9-15-18;1-2-4-6(5-3-1)7-8-10-11-9-7;1-3-4-2;/h1-19,32-33H;1-20H;1-15H;1-5H,(H,8,9,10,11);1,3-4H2,2H3;/q;;;;-1;+1. The van der Waals surface area contributed by atoms with Gasteiger partial charge in [0.15, 0.2) is 11.6 Å².